The van der Waals surface area contributed by atoms with Gasteiger partial charge in [-0.2, -0.15) is 0 Å². The smallest absolute Gasteiger partial charge is 0.343 e. The molecule has 0 saturated heterocycles. The number of aliphatic carboxylic acids is 1. The maximum atomic E-state index is 11.3. The highest BCUT2D eigenvalue weighted by Crippen LogP contribution is 2.32. The summed E-state index contributed by atoms with van der Waals surface area (Å²) in [5.74, 6) is -0.798. The van der Waals surface area contributed by atoms with Crippen LogP contribution in [0.25, 0.3) is 33.3 Å². The van der Waals surface area contributed by atoms with Crippen molar-refractivity contribution in [1.29, 1.82) is 0 Å². The van der Waals surface area contributed by atoms with Crippen molar-refractivity contribution in [2.45, 2.75) is 13.0 Å². The number of carbonyl (C=O) groups is 2. The monoisotopic (exact) mass is 393 g/mol. The van der Waals surface area contributed by atoms with E-state index in [2.05, 4.69) is 14.7 Å². The van der Waals surface area contributed by atoms with E-state index in [4.69, 9.17) is 9.84 Å². The summed E-state index contributed by atoms with van der Waals surface area (Å²) in [6, 6.07) is 13.2. The number of benzene rings is 1. The SMILES string of the molecule is COC(=O)COc1ccc2c(c1)cc(-c1cc3cccnc3[nH]1)n2CCC(=O)O. The van der Waals surface area contributed by atoms with Gasteiger partial charge in [0.2, 0.25) is 0 Å². The average molecular weight is 393 g/mol. The Morgan fingerprint density at radius 3 is 2.79 bits per heavy atom. The van der Waals surface area contributed by atoms with E-state index in [0.29, 0.717) is 12.3 Å². The van der Waals surface area contributed by atoms with Crippen LogP contribution in [0.1, 0.15) is 6.42 Å². The van der Waals surface area contributed by atoms with Crippen LogP contribution in [0.4, 0.5) is 0 Å². The van der Waals surface area contributed by atoms with Gasteiger partial charge in [0.1, 0.15) is 11.4 Å². The van der Waals surface area contributed by atoms with Crippen LogP contribution in [-0.4, -0.2) is 45.3 Å². The summed E-state index contributed by atoms with van der Waals surface area (Å²) in [7, 11) is 1.30. The summed E-state index contributed by atoms with van der Waals surface area (Å²) in [6.07, 6.45) is 1.71. The van der Waals surface area contributed by atoms with Crippen LogP contribution in [-0.2, 0) is 20.9 Å². The number of fused-ring (bicyclic) bond motifs is 2. The Kier molecular flexibility index (Phi) is 4.90. The Hall–Kier alpha value is -3.81. The molecule has 0 bridgehead atoms. The van der Waals surface area contributed by atoms with Crippen LogP contribution in [0, 0.1) is 0 Å². The topological polar surface area (TPSA) is 106 Å². The van der Waals surface area contributed by atoms with Crippen LogP contribution in [0.15, 0.2) is 48.7 Å². The minimum Gasteiger partial charge on any atom is -0.482 e. The molecule has 2 N–H and O–H groups in total. The lowest BCUT2D eigenvalue weighted by atomic mass is 10.2. The lowest BCUT2D eigenvalue weighted by Crippen LogP contribution is -2.12. The first-order chi connectivity index (χ1) is 14.0. The van der Waals surface area contributed by atoms with Gasteiger partial charge in [0, 0.05) is 29.0 Å². The predicted molar refractivity (Wildman–Crippen MR) is 107 cm³/mol. The quantitative estimate of drug-likeness (QED) is 0.467. The normalized spacial score (nSPS) is 11.1. The molecule has 4 aromatic rings. The van der Waals surface area contributed by atoms with Gasteiger partial charge in [-0.25, -0.2) is 9.78 Å². The predicted octanol–water partition coefficient (Wildman–Crippen LogP) is 3.21. The Morgan fingerprint density at radius 2 is 2.03 bits per heavy atom. The number of aromatic nitrogens is 3. The van der Waals surface area contributed by atoms with E-state index < -0.39 is 11.9 Å². The molecule has 3 heterocycles. The van der Waals surface area contributed by atoms with Gasteiger partial charge in [-0.15, -0.1) is 0 Å². The van der Waals surface area contributed by atoms with Crippen LogP contribution in [0.2, 0.25) is 0 Å². The Bertz CT molecular complexity index is 1170. The molecule has 0 fully saturated rings. The van der Waals surface area contributed by atoms with Gasteiger partial charge in [-0.3, -0.25) is 4.79 Å². The maximum Gasteiger partial charge on any atom is 0.343 e. The van der Waals surface area contributed by atoms with E-state index in [9.17, 15) is 9.59 Å². The molecule has 0 amide bonds. The molecule has 0 spiro atoms. The number of aromatic amines is 1. The Balaban J connectivity index is 1.77. The first-order valence-electron chi connectivity index (χ1n) is 9.04. The summed E-state index contributed by atoms with van der Waals surface area (Å²) in [6.45, 7) is 0.140. The van der Waals surface area contributed by atoms with Gasteiger partial charge in [0.05, 0.1) is 24.9 Å². The fraction of sp³-hybridized carbons (Fsp3) is 0.190. The molecule has 8 nitrogen and oxygen atoms in total. The number of carboxylic acid groups (broad SMARTS) is 1. The van der Waals surface area contributed by atoms with Crippen molar-refractivity contribution >= 4 is 33.9 Å². The molecule has 0 saturated carbocycles. The molecule has 0 aliphatic heterocycles. The second kappa shape index (κ2) is 7.67. The number of H-pyrrole nitrogens is 1. The molecule has 0 aliphatic carbocycles. The third-order valence-corrected chi connectivity index (χ3v) is 4.67. The Labute approximate surface area is 165 Å². The van der Waals surface area contributed by atoms with Crippen molar-refractivity contribution in [3.8, 4) is 17.1 Å². The third kappa shape index (κ3) is 3.77. The molecule has 4 rings (SSSR count). The van der Waals surface area contributed by atoms with E-state index in [0.717, 1.165) is 33.3 Å². The molecular formula is C21H19N3O5. The van der Waals surface area contributed by atoms with Crippen LogP contribution >= 0.6 is 0 Å². The highest BCUT2D eigenvalue weighted by atomic mass is 16.6. The second-order valence-electron chi connectivity index (χ2n) is 6.53. The number of carbonyl (C=O) groups excluding carboxylic acids is 1. The van der Waals surface area contributed by atoms with Crippen molar-refractivity contribution in [3.05, 3.63) is 48.7 Å². The number of hydrogen-bond acceptors (Lipinski definition) is 5. The highest BCUT2D eigenvalue weighted by molar-refractivity contribution is 5.90. The van der Waals surface area contributed by atoms with Gasteiger partial charge in [0.25, 0.3) is 0 Å². The van der Waals surface area contributed by atoms with Gasteiger partial charge in [0.15, 0.2) is 6.61 Å². The molecule has 0 aliphatic rings. The van der Waals surface area contributed by atoms with Crippen LogP contribution in [0.5, 0.6) is 5.75 Å². The molecule has 1 aromatic carbocycles. The standard InChI is InChI=1S/C21H19N3O5/c1-28-20(27)12-29-15-4-5-17-14(9-15)11-18(24(17)8-6-19(25)26)16-10-13-3-2-7-22-21(13)23-16/h2-5,7,9-11H,6,8,12H2,1H3,(H,22,23)(H,25,26). The number of aryl methyl sites for hydroxylation is 1. The first-order valence-corrected chi connectivity index (χ1v) is 9.04. The van der Waals surface area contributed by atoms with Crippen molar-refractivity contribution in [2.24, 2.45) is 0 Å². The van der Waals surface area contributed by atoms with Gasteiger partial charge in [-0.05, 0) is 42.5 Å². The maximum absolute atomic E-state index is 11.3. The fourth-order valence-corrected chi connectivity index (χ4v) is 3.31. The fourth-order valence-electron chi connectivity index (χ4n) is 3.31. The molecule has 29 heavy (non-hydrogen) atoms. The first kappa shape index (κ1) is 18.5. The molecule has 0 atom stereocenters. The number of rotatable bonds is 7. The van der Waals surface area contributed by atoms with E-state index >= 15 is 0 Å². The minimum atomic E-state index is -0.867. The summed E-state index contributed by atoms with van der Waals surface area (Å²) in [5, 5.41) is 11.0. The van der Waals surface area contributed by atoms with E-state index in [-0.39, 0.29) is 13.0 Å². The zero-order chi connectivity index (χ0) is 20.4. The number of ether oxygens (including phenoxy) is 2. The van der Waals surface area contributed by atoms with Crippen molar-refractivity contribution in [2.75, 3.05) is 13.7 Å². The van der Waals surface area contributed by atoms with Crippen LogP contribution in [0.3, 0.4) is 0 Å². The zero-order valence-corrected chi connectivity index (χ0v) is 15.7. The van der Waals surface area contributed by atoms with Gasteiger partial charge >= 0.3 is 11.9 Å². The minimum absolute atomic E-state index is 0.00412. The molecule has 3 aromatic heterocycles. The van der Waals surface area contributed by atoms with Gasteiger partial charge in [-0.1, -0.05) is 0 Å². The molecule has 148 valence electrons. The number of esters is 1. The molecular weight excluding hydrogens is 374 g/mol. The number of nitrogens with one attached hydrogen (secondary N) is 1. The lowest BCUT2D eigenvalue weighted by Gasteiger charge is -2.09. The lowest BCUT2D eigenvalue weighted by molar-refractivity contribution is -0.143. The number of methoxy groups -OCH3 is 1. The largest absolute Gasteiger partial charge is 0.482 e. The summed E-state index contributed by atoms with van der Waals surface area (Å²) >= 11 is 0. The second-order valence-corrected chi connectivity index (χ2v) is 6.53. The summed E-state index contributed by atoms with van der Waals surface area (Å²) in [5.41, 5.74) is 3.33. The summed E-state index contributed by atoms with van der Waals surface area (Å²) < 4.78 is 12.0. The Morgan fingerprint density at radius 1 is 1.17 bits per heavy atom. The number of pyridine rings is 1. The van der Waals surface area contributed by atoms with E-state index in [1.54, 1.807) is 12.3 Å². The van der Waals surface area contributed by atoms with E-state index in [1.807, 2.05) is 41.0 Å². The van der Waals surface area contributed by atoms with Gasteiger partial charge < -0.3 is 24.1 Å². The average Bonchev–Trinajstić information content (AvgIpc) is 3.31. The number of hydrogen-bond donors (Lipinski definition) is 2. The molecule has 0 unspecified atom stereocenters. The molecule has 8 heteroatoms. The highest BCUT2D eigenvalue weighted by Gasteiger charge is 2.15. The molecule has 0 radical (unpaired) electrons. The third-order valence-electron chi connectivity index (χ3n) is 4.67. The van der Waals surface area contributed by atoms with Crippen LogP contribution < -0.4 is 4.74 Å². The van der Waals surface area contributed by atoms with Crippen molar-refractivity contribution < 1.29 is 24.2 Å². The van der Waals surface area contributed by atoms with Crippen molar-refractivity contribution in [1.82, 2.24) is 14.5 Å². The van der Waals surface area contributed by atoms with Crippen molar-refractivity contribution in [3.63, 3.8) is 0 Å². The number of nitrogens with zero attached hydrogens (tertiary/aromatic N) is 2. The number of carboxylic acids is 1. The van der Waals surface area contributed by atoms with E-state index in [1.165, 1.54) is 7.11 Å². The summed E-state index contributed by atoms with van der Waals surface area (Å²) in [4.78, 5) is 30.1. The zero-order valence-electron chi connectivity index (χ0n) is 15.7.